The average Bonchev–Trinajstić information content (AvgIpc) is 2.48. The third-order valence-electron chi connectivity index (χ3n) is 2.64. The van der Waals surface area contributed by atoms with E-state index in [1.165, 1.54) is 6.92 Å². The van der Waals surface area contributed by atoms with E-state index in [1.54, 1.807) is 0 Å². The van der Waals surface area contributed by atoms with Gasteiger partial charge in [0.1, 0.15) is 17.9 Å². The molecule has 2 amide bonds. The van der Waals surface area contributed by atoms with Crippen LogP contribution in [0.5, 0.6) is 0 Å². The molecule has 0 saturated carbocycles. The minimum absolute atomic E-state index is 0.0569. The fourth-order valence-electron chi connectivity index (χ4n) is 1.49. The first-order valence-corrected chi connectivity index (χ1v) is 7.37. The van der Waals surface area contributed by atoms with E-state index in [0.717, 1.165) is 0 Å². The zero-order valence-corrected chi connectivity index (χ0v) is 13.9. The Hall–Kier alpha value is -2.65. The molecule has 0 spiro atoms. The number of hydrogen-bond donors (Lipinski definition) is 5. The van der Waals surface area contributed by atoms with Crippen LogP contribution in [-0.2, 0) is 19.2 Å². The van der Waals surface area contributed by atoms with Gasteiger partial charge in [-0.15, -0.1) is 0 Å². The molecule has 0 bridgehead atoms. The van der Waals surface area contributed by atoms with Crippen molar-refractivity contribution in [1.82, 2.24) is 10.6 Å². The monoisotopic (exact) mass is 348 g/mol. The summed E-state index contributed by atoms with van der Waals surface area (Å²) in [5.74, 6) is -4.28. The summed E-state index contributed by atoms with van der Waals surface area (Å²) in [6, 6.07) is -3.87. The number of carboxylic acids is 3. The van der Waals surface area contributed by atoms with Crippen LogP contribution >= 0.6 is 0 Å². The minimum Gasteiger partial charge on any atom is -0.481 e. The third kappa shape index (κ3) is 12.0. The molecular weight excluding hydrogens is 324 g/mol. The summed E-state index contributed by atoms with van der Waals surface area (Å²) in [5.41, 5.74) is 0. The van der Waals surface area contributed by atoms with Crippen molar-refractivity contribution in [2.24, 2.45) is 0 Å². The summed E-state index contributed by atoms with van der Waals surface area (Å²) in [6.45, 7) is 5.27. The number of ketones is 1. The van der Waals surface area contributed by atoms with Crippen molar-refractivity contribution in [3.05, 3.63) is 0 Å². The van der Waals surface area contributed by atoms with Gasteiger partial charge in [-0.1, -0.05) is 13.8 Å². The van der Waals surface area contributed by atoms with E-state index in [9.17, 15) is 24.0 Å². The Balaban J connectivity index is 0. The van der Waals surface area contributed by atoms with Crippen LogP contribution in [0.2, 0.25) is 0 Å². The molecule has 2 atom stereocenters. The van der Waals surface area contributed by atoms with Gasteiger partial charge in [-0.2, -0.15) is 0 Å². The van der Waals surface area contributed by atoms with E-state index in [4.69, 9.17) is 15.3 Å². The Labute approximate surface area is 139 Å². The summed E-state index contributed by atoms with van der Waals surface area (Å²) in [6.07, 6.45) is -1.00. The predicted octanol–water partition coefficient (Wildman–Crippen LogP) is 0.452. The Morgan fingerprint density at radius 2 is 1.17 bits per heavy atom. The van der Waals surface area contributed by atoms with Gasteiger partial charge in [0, 0.05) is 12.8 Å². The third-order valence-corrected chi connectivity index (χ3v) is 2.64. The van der Waals surface area contributed by atoms with E-state index in [0.29, 0.717) is 0 Å². The van der Waals surface area contributed by atoms with Gasteiger partial charge in [0.05, 0.1) is 0 Å². The van der Waals surface area contributed by atoms with Gasteiger partial charge in [-0.25, -0.2) is 14.4 Å². The number of carboxylic acid groups (broad SMARTS) is 3. The maximum atomic E-state index is 11.6. The van der Waals surface area contributed by atoms with Crippen LogP contribution in [0.1, 0.15) is 46.5 Å². The minimum atomic E-state index is -1.46. The molecule has 0 radical (unpaired) electrons. The van der Waals surface area contributed by atoms with Gasteiger partial charge >= 0.3 is 23.9 Å². The molecule has 0 rings (SSSR count). The van der Waals surface area contributed by atoms with E-state index in [2.05, 4.69) is 0 Å². The van der Waals surface area contributed by atoms with Gasteiger partial charge in [-0.05, 0) is 19.8 Å². The quantitative estimate of drug-likeness (QED) is 0.379. The molecule has 0 aromatic rings. The number of nitrogens with one attached hydrogen (secondary N) is 2. The summed E-state index contributed by atoms with van der Waals surface area (Å²) >= 11 is 0. The van der Waals surface area contributed by atoms with Gasteiger partial charge in [0.15, 0.2) is 0 Å². The lowest BCUT2D eigenvalue weighted by molar-refractivity contribution is -0.141. The number of urea groups is 1. The van der Waals surface area contributed by atoms with Gasteiger partial charge < -0.3 is 30.7 Å². The second-order valence-electron chi connectivity index (χ2n) is 4.57. The van der Waals surface area contributed by atoms with E-state index >= 15 is 0 Å². The van der Waals surface area contributed by atoms with Crippen LogP contribution in [0.25, 0.3) is 0 Å². The standard InChI is InChI=1S/C12H18N2O8.C2H6/c1-6(15)2-3-7(10(18)19)13-12(22)14-8(11(20)21)4-5-9(16)17;1-2/h7-8H,2-5H2,1H3,(H,16,17)(H,18,19)(H,20,21)(H2,13,14,22);1-2H3. The maximum absolute atomic E-state index is 11.6. The van der Waals surface area contributed by atoms with Crippen LogP contribution in [0, 0.1) is 0 Å². The molecule has 0 fully saturated rings. The molecule has 0 heterocycles. The van der Waals surface area contributed by atoms with Crippen LogP contribution in [-0.4, -0.2) is 57.1 Å². The molecular formula is C14H24N2O8. The first-order valence-electron chi connectivity index (χ1n) is 7.37. The zero-order chi connectivity index (χ0) is 19.3. The van der Waals surface area contributed by atoms with Crippen LogP contribution in [0.3, 0.4) is 0 Å². The van der Waals surface area contributed by atoms with Crippen molar-refractivity contribution in [1.29, 1.82) is 0 Å². The van der Waals surface area contributed by atoms with Crippen molar-refractivity contribution >= 4 is 29.7 Å². The number of aliphatic carboxylic acids is 3. The number of hydrogen-bond acceptors (Lipinski definition) is 5. The summed E-state index contributed by atoms with van der Waals surface area (Å²) in [7, 11) is 0. The number of rotatable bonds is 10. The van der Waals surface area contributed by atoms with Crippen LogP contribution < -0.4 is 10.6 Å². The van der Waals surface area contributed by atoms with Crippen molar-refractivity contribution in [3.63, 3.8) is 0 Å². The van der Waals surface area contributed by atoms with Crippen molar-refractivity contribution in [3.8, 4) is 0 Å². The average molecular weight is 348 g/mol. The molecule has 2 unspecified atom stereocenters. The Morgan fingerprint density at radius 3 is 1.46 bits per heavy atom. The van der Waals surface area contributed by atoms with E-state index in [-0.39, 0.29) is 25.0 Å². The fourth-order valence-corrected chi connectivity index (χ4v) is 1.49. The molecule has 24 heavy (non-hydrogen) atoms. The molecule has 10 nitrogen and oxygen atoms in total. The molecule has 5 N–H and O–H groups in total. The number of amides is 2. The highest BCUT2D eigenvalue weighted by Crippen LogP contribution is 2.01. The van der Waals surface area contributed by atoms with Crippen molar-refractivity contribution < 1.29 is 39.3 Å². The molecule has 0 aromatic heterocycles. The molecule has 10 heteroatoms. The first-order chi connectivity index (χ1) is 11.1. The zero-order valence-electron chi connectivity index (χ0n) is 13.9. The van der Waals surface area contributed by atoms with Gasteiger partial charge in [0.2, 0.25) is 0 Å². The molecule has 0 saturated heterocycles. The van der Waals surface area contributed by atoms with Crippen LogP contribution in [0.4, 0.5) is 4.79 Å². The Morgan fingerprint density at radius 1 is 0.792 bits per heavy atom. The maximum Gasteiger partial charge on any atom is 0.326 e. The highest BCUT2D eigenvalue weighted by Gasteiger charge is 2.24. The normalized spacial score (nSPS) is 12.0. The smallest absolute Gasteiger partial charge is 0.326 e. The number of carbonyl (C=O) groups excluding carboxylic acids is 2. The molecule has 0 aromatic carbocycles. The van der Waals surface area contributed by atoms with E-state index in [1.807, 2.05) is 24.5 Å². The lowest BCUT2D eigenvalue weighted by Gasteiger charge is -2.18. The molecule has 0 aliphatic rings. The predicted molar refractivity (Wildman–Crippen MR) is 82.6 cm³/mol. The van der Waals surface area contributed by atoms with Crippen molar-refractivity contribution in [2.45, 2.75) is 58.5 Å². The summed E-state index contributed by atoms with van der Waals surface area (Å²) in [4.78, 5) is 54.6. The lowest BCUT2D eigenvalue weighted by Crippen LogP contribution is -2.51. The SMILES string of the molecule is CC.CC(=O)CCC(NC(=O)NC(CCC(=O)O)C(=O)O)C(=O)O. The number of Topliss-reactive ketones (excluding diaryl/α,β-unsaturated/α-hetero) is 1. The lowest BCUT2D eigenvalue weighted by atomic mass is 10.1. The molecule has 0 aliphatic carbocycles. The highest BCUT2D eigenvalue weighted by atomic mass is 16.4. The second-order valence-corrected chi connectivity index (χ2v) is 4.57. The summed E-state index contributed by atoms with van der Waals surface area (Å²) in [5, 5.41) is 30.3. The second kappa shape index (κ2) is 12.9. The van der Waals surface area contributed by atoms with Gasteiger partial charge in [0.25, 0.3) is 0 Å². The topological polar surface area (TPSA) is 170 Å². The summed E-state index contributed by atoms with van der Waals surface area (Å²) < 4.78 is 0. The number of carbonyl (C=O) groups is 5. The van der Waals surface area contributed by atoms with Crippen molar-refractivity contribution in [2.75, 3.05) is 0 Å². The van der Waals surface area contributed by atoms with Gasteiger partial charge in [-0.3, -0.25) is 4.79 Å². The van der Waals surface area contributed by atoms with E-state index < -0.39 is 42.4 Å². The first kappa shape index (κ1) is 23.6. The Bertz CT molecular complexity index is 424. The molecule has 0 aliphatic heterocycles. The van der Waals surface area contributed by atoms with Crippen LogP contribution in [0.15, 0.2) is 0 Å². The largest absolute Gasteiger partial charge is 0.481 e. The molecule has 138 valence electrons. The fraction of sp³-hybridized carbons (Fsp3) is 0.643. The Kier molecular flexibility index (Phi) is 12.6. The highest BCUT2D eigenvalue weighted by molar-refractivity contribution is 5.86.